The molecule has 1 aliphatic heterocycles. The van der Waals surface area contributed by atoms with Gasteiger partial charge in [-0.05, 0) is 61.1 Å². The molecule has 2 aromatic carbocycles. The van der Waals surface area contributed by atoms with Crippen molar-refractivity contribution in [3.05, 3.63) is 66.0 Å². The lowest BCUT2D eigenvalue weighted by molar-refractivity contribution is 0.618. The highest BCUT2D eigenvalue weighted by Crippen LogP contribution is 2.41. The van der Waals surface area contributed by atoms with Crippen LogP contribution in [0, 0.1) is 5.41 Å². The third-order valence-electron chi connectivity index (χ3n) is 6.01. The number of nitrogens with zero attached hydrogens (tertiary/aromatic N) is 1. The van der Waals surface area contributed by atoms with E-state index in [1.807, 2.05) is 18.2 Å². The van der Waals surface area contributed by atoms with Crippen LogP contribution in [0.15, 0.2) is 70.0 Å². The molecule has 0 unspecified atom stereocenters. The van der Waals surface area contributed by atoms with E-state index in [2.05, 4.69) is 67.5 Å². The van der Waals surface area contributed by atoms with Crippen LogP contribution in [0.5, 0.6) is 0 Å². The van der Waals surface area contributed by atoms with Gasteiger partial charge < -0.3 is 14.7 Å². The van der Waals surface area contributed by atoms with Gasteiger partial charge in [-0.1, -0.05) is 38.8 Å². The fourth-order valence-corrected chi connectivity index (χ4v) is 4.62. The van der Waals surface area contributed by atoms with Crippen molar-refractivity contribution in [1.82, 2.24) is 0 Å². The maximum atomic E-state index is 8.10. The number of hydrogen-bond acceptors (Lipinski definition) is 4. The molecule has 0 amide bonds. The first-order valence-corrected chi connectivity index (χ1v) is 12.8. The molecule has 0 aromatic heterocycles. The van der Waals surface area contributed by atoms with Crippen LogP contribution < -0.4 is 10.3 Å². The van der Waals surface area contributed by atoms with Crippen molar-refractivity contribution < 1.29 is 4.42 Å². The molecule has 4 rings (SSSR count). The van der Waals surface area contributed by atoms with Crippen molar-refractivity contribution in [2.75, 3.05) is 24.2 Å². The fourth-order valence-electron chi connectivity index (χ4n) is 4.21. The minimum Gasteiger partial charge on any atom is -0.456 e. The number of thioether (sulfide) groups is 1. The zero-order chi connectivity index (χ0) is 22.5. The van der Waals surface area contributed by atoms with Crippen LogP contribution in [0.4, 0.5) is 5.69 Å². The molecule has 166 valence electrons. The van der Waals surface area contributed by atoms with E-state index in [0.29, 0.717) is 5.36 Å². The average Bonchev–Trinajstić information content (AvgIpc) is 2.82. The lowest BCUT2D eigenvalue weighted by Gasteiger charge is -2.25. The molecule has 1 heterocycles. The second kappa shape index (κ2) is 10.3. The molecule has 1 N–H and O–H groups in total. The van der Waals surface area contributed by atoms with E-state index in [-0.39, 0.29) is 0 Å². The molecule has 32 heavy (non-hydrogen) atoms. The van der Waals surface area contributed by atoms with Crippen molar-refractivity contribution in [2.24, 2.45) is 0 Å². The maximum absolute atomic E-state index is 8.10. The van der Waals surface area contributed by atoms with E-state index in [1.165, 1.54) is 47.4 Å². The predicted octanol–water partition coefficient (Wildman–Crippen LogP) is 7.81. The van der Waals surface area contributed by atoms with Gasteiger partial charge >= 0.3 is 0 Å². The lowest BCUT2D eigenvalue weighted by atomic mass is 9.93. The predicted molar refractivity (Wildman–Crippen MR) is 138 cm³/mol. The normalized spacial score (nSPS) is 11.3. The number of anilines is 1. The molecule has 0 spiro atoms. The topological polar surface area (TPSA) is 40.2 Å². The number of hydrogen-bond donors (Lipinski definition) is 1. The Bertz CT molecular complexity index is 1200. The van der Waals surface area contributed by atoms with Gasteiger partial charge in [-0.25, -0.2) is 0 Å². The van der Waals surface area contributed by atoms with Crippen molar-refractivity contribution in [3.63, 3.8) is 0 Å². The van der Waals surface area contributed by atoms with Crippen LogP contribution in [-0.2, 0) is 0 Å². The minimum atomic E-state index is 0.466. The van der Waals surface area contributed by atoms with E-state index < -0.39 is 0 Å². The van der Waals surface area contributed by atoms with Gasteiger partial charge in [-0.2, -0.15) is 0 Å². The van der Waals surface area contributed by atoms with E-state index in [0.717, 1.165) is 35.4 Å². The number of nitrogens with one attached hydrogen (secondary N) is 1. The van der Waals surface area contributed by atoms with Crippen LogP contribution >= 0.6 is 11.8 Å². The monoisotopic (exact) mass is 444 g/mol. The third-order valence-corrected chi connectivity index (χ3v) is 6.76. The molecule has 0 fully saturated rings. The van der Waals surface area contributed by atoms with Crippen molar-refractivity contribution in [2.45, 2.75) is 44.4 Å². The van der Waals surface area contributed by atoms with Gasteiger partial charge in [0.05, 0.1) is 5.36 Å². The molecule has 4 heteroatoms. The second-order valence-electron chi connectivity index (χ2n) is 8.29. The average molecular weight is 445 g/mol. The summed E-state index contributed by atoms with van der Waals surface area (Å²) in [4.78, 5) is 3.74. The van der Waals surface area contributed by atoms with Gasteiger partial charge in [0.15, 0.2) is 0 Å². The Morgan fingerprint density at radius 3 is 2.25 bits per heavy atom. The highest BCUT2D eigenvalue weighted by atomic mass is 32.2. The van der Waals surface area contributed by atoms with Gasteiger partial charge in [0.25, 0.3) is 0 Å². The van der Waals surface area contributed by atoms with Crippen molar-refractivity contribution in [3.8, 4) is 22.5 Å². The van der Waals surface area contributed by atoms with Crippen LogP contribution in [0.25, 0.3) is 33.4 Å². The molecule has 0 bridgehead atoms. The van der Waals surface area contributed by atoms with Crippen molar-refractivity contribution >= 4 is 28.4 Å². The molecule has 0 saturated carbocycles. The van der Waals surface area contributed by atoms with Gasteiger partial charge in [0.2, 0.25) is 0 Å². The molecule has 0 atom stereocenters. The first-order valence-electron chi connectivity index (χ1n) is 11.6. The summed E-state index contributed by atoms with van der Waals surface area (Å²) in [5.41, 5.74) is 5.49. The Labute approximate surface area is 195 Å². The van der Waals surface area contributed by atoms with Crippen LogP contribution in [-0.4, -0.2) is 19.3 Å². The summed E-state index contributed by atoms with van der Waals surface area (Å²) in [5.74, 6) is 0.764. The summed E-state index contributed by atoms with van der Waals surface area (Å²) in [6, 6.07) is 21.1. The van der Waals surface area contributed by atoms with E-state index in [4.69, 9.17) is 9.83 Å². The Kier molecular flexibility index (Phi) is 7.21. The highest BCUT2D eigenvalue weighted by Gasteiger charge is 2.18. The maximum Gasteiger partial charge on any atom is 0.137 e. The molecule has 0 radical (unpaired) electrons. The smallest absolute Gasteiger partial charge is 0.137 e. The zero-order valence-corrected chi connectivity index (χ0v) is 20.1. The summed E-state index contributed by atoms with van der Waals surface area (Å²) in [6.07, 6.45) is 6.85. The molecule has 0 saturated heterocycles. The third kappa shape index (κ3) is 4.71. The number of unbranched alkanes of at least 4 members (excludes halogenated alkanes) is 2. The first-order chi connectivity index (χ1) is 15.6. The molecular formula is C28H32N2OS. The first kappa shape index (κ1) is 22.5. The Hall–Kier alpha value is -2.72. The molecule has 2 aliphatic rings. The number of fused-ring (bicyclic) bond motifs is 2. The zero-order valence-electron chi connectivity index (χ0n) is 19.3. The molecular weight excluding hydrogens is 412 g/mol. The van der Waals surface area contributed by atoms with Crippen molar-refractivity contribution in [1.29, 1.82) is 5.41 Å². The van der Waals surface area contributed by atoms with Gasteiger partial charge in [0, 0.05) is 52.3 Å². The Morgan fingerprint density at radius 1 is 0.875 bits per heavy atom. The summed E-state index contributed by atoms with van der Waals surface area (Å²) < 4.78 is 6.38. The van der Waals surface area contributed by atoms with E-state index in [1.54, 1.807) is 11.8 Å². The SMILES string of the molecule is CCCCN(CCCC)c1ccc2c(-c3ccc(SC)cc3)c3ccc(=N)cc-3oc2c1. The van der Waals surface area contributed by atoms with E-state index in [9.17, 15) is 0 Å². The fraction of sp³-hybridized carbons (Fsp3) is 0.321. The van der Waals surface area contributed by atoms with Gasteiger partial charge in [0.1, 0.15) is 11.3 Å². The summed E-state index contributed by atoms with van der Waals surface area (Å²) >= 11 is 1.75. The van der Waals surface area contributed by atoms with Crippen LogP contribution in [0.1, 0.15) is 39.5 Å². The Balaban J connectivity index is 1.90. The molecule has 1 aliphatic carbocycles. The minimum absolute atomic E-state index is 0.466. The standard InChI is InChI=1S/C28H32N2OS/c1-4-6-16-30(17-7-5-2)22-11-15-25-27(19-22)31-26-18-21(29)10-14-24(26)28(25)20-8-12-23(32-3)13-9-20/h8-15,18-19,29H,4-7,16-17H2,1-3H3. The largest absolute Gasteiger partial charge is 0.456 e. The second-order valence-corrected chi connectivity index (χ2v) is 9.17. The quantitative estimate of drug-likeness (QED) is 0.211. The van der Waals surface area contributed by atoms with Crippen LogP contribution in [0.2, 0.25) is 0 Å². The van der Waals surface area contributed by atoms with E-state index >= 15 is 0 Å². The lowest BCUT2D eigenvalue weighted by Crippen LogP contribution is -2.25. The van der Waals surface area contributed by atoms with Gasteiger partial charge in [-0.3, -0.25) is 0 Å². The van der Waals surface area contributed by atoms with Gasteiger partial charge in [-0.15, -0.1) is 11.8 Å². The van der Waals surface area contributed by atoms with Crippen LogP contribution in [0.3, 0.4) is 0 Å². The molecule has 3 nitrogen and oxygen atoms in total. The molecule has 2 aromatic rings. The number of benzene rings is 3. The highest BCUT2D eigenvalue weighted by molar-refractivity contribution is 7.98. The number of rotatable bonds is 9. The summed E-state index contributed by atoms with van der Waals surface area (Å²) in [6.45, 7) is 6.62. The summed E-state index contributed by atoms with van der Waals surface area (Å²) in [5, 5.41) is 9.68. The summed E-state index contributed by atoms with van der Waals surface area (Å²) in [7, 11) is 0. The Morgan fingerprint density at radius 2 is 1.59 bits per heavy atom.